The molecular formula is C22H39NO3S. The van der Waals surface area contributed by atoms with Gasteiger partial charge in [-0.3, -0.25) is 4.79 Å². The summed E-state index contributed by atoms with van der Waals surface area (Å²) in [5.41, 5.74) is 0. The lowest BCUT2D eigenvalue weighted by atomic mass is 10.1. The van der Waals surface area contributed by atoms with Gasteiger partial charge in [-0.05, 0) is 50.5 Å². The van der Waals surface area contributed by atoms with E-state index in [0.717, 1.165) is 37.9 Å². The van der Waals surface area contributed by atoms with Gasteiger partial charge in [-0.1, -0.05) is 63.3 Å². The fraction of sp³-hybridized carbons (Fsp3) is 0.727. The van der Waals surface area contributed by atoms with Gasteiger partial charge in [0.05, 0.1) is 0 Å². The van der Waals surface area contributed by atoms with Crippen molar-refractivity contribution in [1.82, 2.24) is 5.32 Å². The molecule has 0 saturated carbocycles. The number of aliphatic carboxylic acids is 1. The summed E-state index contributed by atoms with van der Waals surface area (Å²) in [5.74, 6) is -0.346. The zero-order chi connectivity index (χ0) is 20.2. The van der Waals surface area contributed by atoms with Crippen LogP contribution in [0.2, 0.25) is 0 Å². The summed E-state index contributed by atoms with van der Waals surface area (Å²) in [6.45, 7) is 2.21. The first-order valence-electron chi connectivity index (χ1n) is 10.4. The Kier molecular flexibility index (Phi) is 18.6. The molecule has 0 unspecified atom stereocenters. The largest absolute Gasteiger partial charge is 0.480 e. The minimum Gasteiger partial charge on any atom is -0.480 e. The second kappa shape index (κ2) is 19.5. The summed E-state index contributed by atoms with van der Waals surface area (Å²) >= 11 is 1.59. The molecule has 0 saturated heterocycles. The SMILES string of the molecule is CCCC/C=C\C/C=C\CCCCCCCC(=O)N[C@@H](CCSC)C(=O)O. The van der Waals surface area contributed by atoms with Crippen LogP contribution in [0.15, 0.2) is 24.3 Å². The third-order valence-electron chi connectivity index (χ3n) is 4.35. The van der Waals surface area contributed by atoms with Crippen molar-refractivity contribution in [1.29, 1.82) is 0 Å². The number of hydrogen-bond acceptors (Lipinski definition) is 3. The monoisotopic (exact) mass is 397 g/mol. The molecular weight excluding hydrogens is 358 g/mol. The van der Waals surface area contributed by atoms with Crippen molar-refractivity contribution >= 4 is 23.6 Å². The average molecular weight is 398 g/mol. The van der Waals surface area contributed by atoms with E-state index in [2.05, 4.69) is 36.5 Å². The Labute approximate surface area is 170 Å². The Balaban J connectivity index is 3.56. The van der Waals surface area contributed by atoms with Crippen LogP contribution in [0.4, 0.5) is 0 Å². The molecule has 0 aromatic heterocycles. The highest BCUT2D eigenvalue weighted by Crippen LogP contribution is 2.09. The molecule has 0 aromatic carbocycles. The van der Waals surface area contributed by atoms with Crippen LogP contribution in [0.5, 0.6) is 0 Å². The number of carbonyl (C=O) groups excluding carboxylic acids is 1. The number of unbranched alkanes of at least 4 members (excludes halogenated alkanes) is 7. The maximum absolute atomic E-state index is 11.8. The zero-order valence-electron chi connectivity index (χ0n) is 17.3. The van der Waals surface area contributed by atoms with Gasteiger partial charge in [0.2, 0.25) is 5.91 Å². The van der Waals surface area contributed by atoms with Crippen LogP contribution in [0.25, 0.3) is 0 Å². The van der Waals surface area contributed by atoms with E-state index in [1.807, 2.05) is 6.26 Å². The molecule has 0 aliphatic heterocycles. The number of rotatable bonds is 18. The highest BCUT2D eigenvalue weighted by Gasteiger charge is 2.18. The standard InChI is InChI=1S/C22H39NO3S/c1-3-4-5-6-7-8-9-10-11-12-13-14-15-16-17-21(24)23-20(22(25)26)18-19-27-2/h6-7,9-10,20H,3-5,8,11-19H2,1-2H3,(H,23,24)(H,25,26)/b7-6-,10-9-/t20-/m0/s1. The van der Waals surface area contributed by atoms with E-state index >= 15 is 0 Å². The van der Waals surface area contributed by atoms with Gasteiger partial charge in [0, 0.05) is 6.42 Å². The first kappa shape index (κ1) is 25.8. The van der Waals surface area contributed by atoms with Crippen molar-refractivity contribution in [3.8, 4) is 0 Å². The van der Waals surface area contributed by atoms with Gasteiger partial charge < -0.3 is 10.4 Å². The Hall–Kier alpha value is -1.23. The van der Waals surface area contributed by atoms with Crippen LogP contribution in [-0.4, -0.2) is 35.0 Å². The molecule has 0 radical (unpaired) electrons. The molecule has 0 heterocycles. The molecule has 0 aliphatic rings. The van der Waals surface area contributed by atoms with Crippen molar-refractivity contribution in [3.05, 3.63) is 24.3 Å². The number of thioether (sulfide) groups is 1. The molecule has 156 valence electrons. The van der Waals surface area contributed by atoms with Gasteiger partial charge in [0.25, 0.3) is 0 Å². The number of hydrogen-bond donors (Lipinski definition) is 2. The smallest absolute Gasteiger partial charge is 0.326 e. The number of nitrogens with one attached hydrogen (secondary N) is 1. The maximum atomic E-state index is 11.8. The number of carbonyl (C=O) groups is 2. The number of allylic oxidation sites excluding steroid dienone is 4. The van der Waals surface area contributed by atoms with Crippen LogP contribution in [0.1, 0.15) is 84.0 Å². The number of carboxylic acid groups (broad SMARTS) is 1. The van der Waals surface area contributed by atoms with Gasteiger partial charge in [-0.2, -0.15) is 11.8 Å². The van der Waals surface area contributed by atoms with E-state index in [-0.39, 0.29) is 5.91 Å². The highest BCUT2D eigenvalue weighted by molar-refractivity contribution is 7.98. The van der Waals surface area contributed by atoms with Crippen LogP contribution < -0.4 is 5.32 Å². The van der Waals surface area contributed by atoms with Crippen molar-refractivity contribution in [2.75, 3.05) is 12.0 Å². The van der Waals surface area contributed by atoms with E-state index in [1.54, 1.807) is 11.8 Å². The molecule has 0 spiro atoms. The lowest BCUT2D eigenvalue weighted by Gasteiger charge is -2.13. The molecule has 2 N–H and O–H groups in total. The van der Waals surface area contributed by atoms with Crippen LogP contribution in [-0.2, 0) is 9.59 Å². The minimum atomic E-state index is -0.943. The van der Waals surface area contributed by atoms with E-state index in [9.17, 15) is 9.59 Å². The van der Waals surface area contributed by atoms with E-state index < -0.39 is 12.0 Å². The predicted molar refractivity (Wildman–Crippen MR) is 117 cm³/mol. The molecule has 1 amide bonds. The summed E-state index contributed by atoms with van der Waals surface area (Å²) in [4.78, 5) is 23.0. The van der Waals surface area contributed by atoms with Crippen molar-refractivity contribution in [2.24, 2.45) is 0 Å². The summed E-state index contributed by atoms with van der Waals surface area (Å²) in [6, 6.07) is -0.752. The van der Waals surface area contributed by atoms with Gasteiger partial charge in [-0.15, -0.1) is 0 Å². The van der Waals surface area contributed by atoms with Crippen molar-refractivity contribution in [3.63, 3.8) is 0 Å². The summed E-state index contributed by atoms with van der Waals surface area (Å²) in [7, 11) is 0. The van der Waals surface area contributed by atoms with Gasteiger partial charge in [0.15, 0.2) is 0 Å². The normalized spacial score (nSPS) is 12.7. The number of amides is 1. The van der Waals surface area contributed by atoms with Crippen LogP contribution >= 0.6 is 11.8 Å². The van der Waals surface area contributed by atoms with E-state index in [0.29, 0.717) is 12.8 Å². The molecule has 0 bridgehead atoms. The molecule has 0 aliphatic carbocycles. The molecule has 4 nitrogen and oxygen atoms in total. The Morgan fingerprint density at radius 1 is 0.963 bits per heavy atom. The summed E-state index contributed by atoms with van der Waals surface area (Å²) in [5, 5.41) is 11.7. The summed E-state index contributed by atoms with van der Waals surface area (Å²) in [6.07, 6.45) is 23.1. The fourth-order valence-corrected chi connectivity index (χ4v) is 3.14. The van der Waals surface area contributed by atoms with Gasteiger partial charge in [0.1, 0.15) is 6.04 Å². The first-order chi connectivity index (χ1) is 13.1. The predicted octanol–water partition coefficient (Wildman–Crippen LogP) is 5.73. The zero-order valence-corrected chi connectivity index (χ0v) is 18.1. The Morgan fingerprint density at radius 3 is 2.22 bits per heavy atom. The van der Waals surface area contributed by atoms with Crippen LogP contribution in [0.3, 0.4) is 0 Å². The third kappa shape index (κ3) is 17.9. The fourth-order valence-electron chi connectivity index (χ4n) is 2.67. The maximum Gasteiger partial charge on any atom is 0.326 e. The van der Waals surface area contributed by atoms with E-state index in [1.165, 1.54) is 32.1 Å². The van der Waals surface area contributed by atoms with Crippen molar-refractivity contribution < 1.29 is 14.7 Å². The molecule has 5 heteroatoms. The first-order valence-corrected chi connectivity index (χ1v) is 11.8. The molecule has 0 aromatic rings. The van der Waals surface area contributed by atoms with E-state index in [4.69, 9.17) is 5.11 Å². The summed E-state index contributed by atoms with van der Waals surface area (Å²) < 4.78 is 0. The number of carboxylic acids is 1. The lowest BCUT2D eigenvalue weighted by Crippen LogP contribution is -2.41. The Morgan fingerprint density at radius 2 is 1.59 bits per heavy atom. The second-order valence-corrected chi connectivity index (χ2v) is 7.85. The third-order valence-corrected chi connectivity index (χ3v) is 4.99. The minimum absolute atomic E-state index is 0.140. The van der Waals surface area contributed by atoms with Gasteiger partial charge in [-0.25, -0.2) is 4.79 Å². The quantitative estimate of drug-likeness (QED) is 0.229. The highest BCUT2D eigenvalue weighted by atomic mass is 32.2. The van der Waals surface area contributed by atoms with Crippen molar-refractivity contribution in [2.45, 2.75) is 90.0 Å². The van der Waals surface area contributed by atoms with Crippen LogP contribution in [0, 0.1) is 0 Å². The molecule has 1 atom stereocenters. The van der Waals surface area contributed by atoms with Gasteiger partial charge >= 0.3 is 5.97 Å². The average Bonchev–Trinajstić information content (AvgIpc) is 2.65. The molecule has 27 heavy (non-hydrogen) atoms. The second-order valence-electron chi connectivity index (χ2n) is 6.87. The lowest BCUT2D eigenvalue weighted by molar-refractivity contribution is -0.141. The molecule has 0 fully saturated rings. The Bertz CT molecular complexity index is 435. The molecule has 0 rings (SSSR count). The topological polar surface area (TPSA) is 66.4 Å².